The second kappa shape index (κ2) is 4.77. The van der Waals surface area contributed by atoms with Gasteiger partial charge in [0.25, 0.3) is 5.91 Å². The Hall–Kier alpha value is -1.53. The lowest BCUT2D eigenvalue weighted by Gasteiger charge is -2.06. The first-order valence-corrected chi connectivity index (χ1v) is 5.83. The normalized spacial score (nSPS) is 10.3. The van der Waals surface area contributed by atoms with Crippen LogP contribution in [0.25, 0.3) is 0 Å². The molecule has 1 N–H and O–H groups in total. The minimum atomic E-state index is -0.455. The van der Waals surface area contributed by atoms with Gasteiger partial charge in [0.05, 0.1) is 0 Å². The summed E-state index contributed by atoms with van der Waals surface area (Å²) in [5.41, 5.74) is 0.776. The van der Waals surface area contributed by atoms with Crippen molar-refractivity contribution in [2.75, 3.05) is 5.32 Å². The van der Waals surface area contributed by atoms with Gasteiger partial charge in [-0.3, -0.25) is 4.79 Å². The smallest absolute Gasteiger partial charge is 0.286 e. The van der Waals surface area contributed by atoms with Crippen molar-refractivity contribution in [1.29, 1.82) is 0 Å². The van der Waals surface area contributed by atoms with Gasteiger partial charge >= 0.3 is 0 Å². The maximum absolute atomic E-state index is 13.2. The molecular weight excluding hydrogens is 265 g/mol. The van der Waals surface area contributed by atoms with Gasteiger partial charge in [-0.1, -0.05) is 17.4 Å². The summed E-state index contributed by atoms with van der Waals surface area (Å²) in [7, 11) is 0. The van der Waals surface area contributed by atoms with Crippen LogP contribution in [-0.2, 0) is 0 Å². The Morgan fingerprint density at radius 2 is 2.24 bits per heavy atom. The van der Waals surface area contributed by atoms with E-state index in [9.17, 15) is 9.18 Å². The topological polar surface area (TPSA) is 54.9 Å². The van der Waals surface area contributed by atoms with Crippen LogP contribution in [0, 0.1) is 12.7 Å². The molecule has 0 saturated heterocycles. The molecule has 1 amide bonds. The number of nitrogens with zero attached hydrogens (tertiary/aromatic N) is 2. The lowest BCUT2D eigenvalue weighted by Crippen LogP contribution is -2.12. The Balaban J connectivity index is 2.21. The molecule has 0 aliphatic heterocycles. The van der Waals surface area contributed by atoms with Crippen molar-refractivity contribution in [3.8, 4) is 0 Å². The Morgan fingerprint density at radius 1 is 1.47 bits per heavy atom. The standard InChI is InChI=1S/C10H7ClFN3OS/c1-5-6(12)3-2-4-7(5)13-8(16)9-14-15-10(11)17-9/h2-4H,1H3,(H,13,16). The largest absolute Gasteiger partial charge is 0.320 e. The molecule has 17 heavy (non-hydrogen) atoms. The first-order chi connectivity index (χ1) is 8.08. The second-order valence-corrected chi connectivity index (χ2v) is 4.79. The maximum Gasteiger partial charge on any atom is 0.286 e. The van der Waals surface area contributed by atoms with Crippen molar-refractivity contribution >= 4 is 34.5 Å². The van der Waals surface area contributed by atoms with E-state index in [1.54, 1.807) is 13.0 Å². The van der Waals surface area contributed by atoms with Crippen LogP contribution in [0.4, 0.5) is 10.1 Å². The average Bonchev–Trinajstić information content (AvgIpc) is 2.72. The van der Waals surface area contributed by atoms with Crippen LogP contribution in [-0.4, -0.2) is 16.1 Å². The highest BCUT2D eigenvalue weighted by Crippen LogP contribution is 2.20. The molecule has 1 aromatic carbocycles. The summed E-state index contributed by atoms with van der Waals surface area (Å²) in [5.74, 6) is -0.832. The van der Waals surface area contributed by atoms with Gasteiger partial charge in [-0.05, 0) is 30.7 Å². The zero-order valence-corrected chi connectivity index (χ0v) is 10.3. The van der Waals surface area contributed by atoms with Crippen LogP contribution in [0.5, 0.6) is 0 Å². The Labute approximate surface area is 105 Å². The van der Waals surface area contributed by atoms with Gasteiger partial charge in [0, 0.05) is 11.3 Å². The lowest BCUT2D eigenvalue weighted by molar-refractivity contribution is 0.102. The fraction of sp³-hybridized carbons (Fsp3) is 0.100. The van der Waals surface area contributed by atoms with Gasteiger partial charge in [-0.25, -0.2) is 4.39 Å². The molecule has 0 radical (unpaired) electrons. The molecule has 1 heterocycles. The van der Waals surface area contributed by atoms with E-state index in [4.69, 9.17) is 11.6 Å². The van der Waals surface area contributed by atoms with E-state index in [1.165, 1.54) is 12.1 Å². The van der Waals surface area contributed by atoms with Crippen molar-refractivity contribution in [1.82, 2.24) is 10.2 Å². The zero-order valence-electron chi connectivity index (χ0n) is 8.70. The maximum atomic E-state index is 13.2. The molecule has 4 nitrogen and oxygen atoms in total. The van der Waals surface area contributed by atoms with Gasteiger partial charge in [0.15, 0.2) is 0 Å². The predicted octanol–water partition coefficient (Wildman–Crippen LogP) is 2.89. The third-order valence-corrected chi connectivity index (χ3v) is 3.13. The summed E-state index contributed by atoms with van der Waals surface area (Å²) in [6, 6.07) is 4.46. The predicted molar refractivity (Wildman–Crippen MR) is 64.0 cm³/mol. The number of nitrogens with one attached hydrogen (secondary N) is 1. The van der Waals surface area contributed by atoms with Crippen molar-refractivity contribution in [2.24, 2.45) is 0 Å². The number of benzene rings is 1. The van der Waals surface area contributed by atoms with E-state index < -0.39 is 5.91 Å². The highest BCUT2D eigenvalue weighted by molar-refractivity contribution is 7.17. The third-order valence-electron chi connectivity index (χ3n) is 2.11. The number of amides is 1. The van der Waals surface area contributed by atoms with Crippen LogP contribution in [0.15, 0.2) is 18.2 Å². The Kier molecular flexibility index (Phi) is 3.35. The first kappa shape index (κ1) is 11.9. The van der Waals surface area contributed by atoms with Gasteiger partial charge in [-0.2, -0.15) is 0 Å². The molecule has 88 valence electrons. The lowest BCUT2D eigenvalue weighted by atomic mass is 10.2. The van der Waals surface area contributed by atoms with Crippen molar-refractivity contribution < 1.29 is 9.18 Å². The van der Waals surface area contributed by atoms with E-state index in [1.807, 2.05) is 0 Å². The monoisotopic (exact) mass is 271 g/mol. The van der Waals surface area contributed by atoms with Crippen LogP contribution in [0.1, 0.15) is 15.4 Å². The number of rotatable bonds is 2. The van der Waals surface area contributed by atoms with E-state index >= 15 is 0 Å². The van der Waals surface area contributed by atoms with Crippen LogP contribution >= 0.6 is 22.9 Å². The number of anilines is 1. The number of hydrogen-bond acceptors (Lipinski definition) is 4. The number of halogens is 2. The van der Waals surface area contributed by atoms with Crippen LogP contribution < -0.4 is 5.32 Å². The van der Waals surface area contributed by atoms with E-state index in [0.717, 1.165) is 11.3 Å². The summed E-state index contributed by atoms with van der Waals surface area (Å²) in [4.78, 5) is 11.7. The summed E-state index contributed by atoms with van der Waals surface area (Å²) in [6.07, 6.45) is 0. The molecule has 0 unspecified atom stereocenters. The molecule has 0 spiro atoms. The van der Waals surface area contributed by atoms with E-state index in [-0.39, 0.29) is 15.3 Å². The number of carbonyl (C=O) groups excluding carboxylic acids is 1. The number of hydrogen-bond donors (Lipinski definition) is 1. The summed E-state index contributed by atoms with van der Waals surface area (Å²) in [6.45, 7) is 1.58. The third kappa shape index (κ3) is 2.59. The molecule has 2 aromatic rings. The van der Waals surface area contributed by atoms with E-state index in [2.05, 4.69) is 15.5 Å². The molecule has 0 fully saturated rings. The molecular formula is C10H7ClFN3OS. The molecule has 0 aliphatic carbocycles. The first-order valence-electron chi connectivity index (χ1n) is 4.63. The fourth-order valence-electron chi connectivity index (χ4n) is 1.22. The molecule has 0 atom stereocenters. The molecule has 7 heteroatoms. The van der Waals surface area contributed by atoms with Gasteiger partial charge in [-0.15, -0.1) is 10.2 Å². The van der Waals surface area contributed by atoms with E-state index in [0.29, 0.717) is 11.3 Å². The van der Waals surface area contributed by atoms with Crippen molar-refractivity contribution in [3.05, 3.63) is 39.1 Å². The highest BCUT2D eigenvalue weighted by Gasteiger charge is 2.13. The van der Waals surface area contributed by atoms with Crippen LogP contribution in [0.3, 0.4) is 0 Å². The number of aromatic nitrogens is 2. The summed E-state index contributed by atoms with van der Waals surface area (Å²) >= 11 is 6.53. The number of carbonyl (C=O) groups is 1. The Morgan fingerprint density at radius 3 is 2.88 bits per heavy atom. The van der Waals surface area contributed by atoms with Gasteiger partial charge in [0.2, 0.25) is 9.47 Å². The second-order valence-electron chi connectivity index (χ2n) is 3.23. The fourth-order valence-corrected chi connectivity index (χ4v) is 1.94. The molecule has 0 aliphatic rings. The van der Waals surface area contributed by atoms with Gasteiger partial charge < -0.3 is 5.32 Å². The van der Waals surface area contributed by atoms with Crippen LogP contribution in [0.2, 0.25) is 4.47 Å². The van der Waals surface area contributed by atoms with Gasteiger partial charge in [0.1, 0.15) is 5.82 Å². The average molecular weight is 272 g/mol. The summed E-state index contributed by atoms with van der Waals surface area (Å²) in [5, 5.41) is 9.80. The molecule has 2 rings (SSSR count). The minimum Gasteiger partial charge on any atom is -0.320 e. The highest BCUT2D eigenvalue weighted by atomic mass is 35.5. The Bertz CT molecular complexity index is 572. The zero-order chi connectivity index (χ0) is 12.4. The van der Waals surface area contributed by atoms with Crippen molar-refractivity contribution in [3.63, 3.8) is 0 Å². The molecule has 1 aromatic heterocycles. The summed E-state index contributed by atoms with van der Waals surface area (Å²) < 4.78 is 13.4. The van der Waals surface area contributed by atoms with Crippen molar-refractivity contribution in [2.45, 2.75) is 6.92 Å². The minimum absolute atomic E-state index is 0.138. The SMILES string of the molecule is Cc1c(F)cccc1NC(=O)c1nnc(Cl)s1. The molecule has 0 bridgehead atoms. The molecule has 0 saturated carbocycles. The quantitative estimate of drug-likeness (QED) is 0.914.